The van der Waals surface area contributed by atoms with Crippen LogP contribution in [0.15, 0.2) is 36.0 Å². The molecule has 1 rings (SSSR count). The number of carbonyl (C=O) groups excluding carboxylic acids is 1. The Morgan fingerprint density at radius 3 is 2.62 bits per heavy atom. The summed E-state index contributed by atoms with van der Waals surface area (Å²) in [5.41, 5.74) is 2.20. The van der Waals surface area contributed by atoms with Crippen molar-refractivity contribution in [2.45, 2.75) is 39.5 Å². The second kappa shape index (κ2) is 12.1. The highest BCUT2D eigenvalue weighted by molar-refractivity contribution is 5.97. The molecule has 1 amide bonds. The van der Waals surface area contributed by atoms with E-state index in [0.717, 1.165) is 18.5 Å². The van der Waals surface area contributed by atoms with Gasteiger partial charge in [-0.2, -0.15) is 5.26 Å². The number of hydrogen-bond donors (Lipinski definition) is 2. The molecule has 0 spiro atoms. The van der Waals surface area contributed by atoms with Crippen molar-refractivity contribution in [2.24, 2.45) is 0 Å². The van der Waals surface area contributed by atoms with E-state index >= 15 is 0 Å². The van der Waals surface area contributed by atoms with Crippen molar-refractivity contribution < 1.29 is 9.53 Å². The lowest BCUT2D eigenvalue weighted by Crippen LogP contribution is -2.26. The van der Waals surface area contributed by atoms with Crippen molar-refractivity contribution in [3.63, 3.8) is 0 Å². The highest BCUT2D eigenvalue weighted by Gasteiger charge is 2.07. The highest BCUT2D eigenvalue weighted by atomic mass is 16.5. The summed E-state index contributed by atoms with van der Waals surface area (Å²) < 4.78 is 5.20. The molecule has 5 heteroatoms. The Hall–Kier alpha value is -2.32. The number of benzene rings is 1. The first-order valence-electron chi connectivity index (χ1n) is 8.53. The van der Waals surface area contributed by atoms with Gasteiger partial charge in [0.15, 0.2) is 0 Å². The summed E-state index contributed by atoms with van der Waals surface area (Å²) in [6, 6.07) is 9.95. The molecular formula is C19H27N3O2. The molecule has 0 aliphatic heterocycles. The van der Waals surface area contributed by atoms with Crippen molar-refractivity contribution >= 4 is 11.6 Å². The van der Waals surface area contributed by atoms with Crippen LogP contribution in [0.5, 0.6) is 0 Å². The predicted octanol–water partition coefficient (Wildman–Crippen LogP) is 3.39. The van der Waals surface area contributed by atoms with Crippen LogP contribution in [0.3, 0.4) is 0 Å². The highest BCUT2D eigenvalue weighted by Crippen LogP contribution is 2.12. The third kappa shape index (κ3) is 7.80. The van der Waals surface area contributed by atoms with Gasteiger partial charge in [0.2, 0.25) is 0 Å². The molecule has 0 atom stereocenters. The molecule has 0 aliphatic carbocycles. The molecule has 1 aromatic carbocycles. The maximum atomic E-state index is 11.9. The molecule has 0 aromatic heterocycles. The second-order valence-corrected chi connectivity index (χ2v) is 5.42. The maximum Gasteiger partial charge on any atom is 0.263 e. The number of hydrogen-bond acceptors (Lipinski definition) is 4. The van der Waals surface area contributed by atoms with Crippen LogP contribution >= 0.6 is 0 Å². The molecule has 0 saturated carbocycles. The Morgan fingerprint density at radius 2 is 2.00 bits per heavy atom. The summed E-state index contributed by atoms with van der Waals surface area (Å²) in [6.07, 6.45) is 5.59. The van der Waals surface area contributed by atoms with E-state index in [1.54, 1.807) is 0 Å². The fraction of sp³-hybridized carbons (Fsp3) is 0.474. The van der Waals surface area contributed by atoms with E-state index in [0.29, 0.717) is 19.8 Å². The van der Waals surface area contributed by atoms with E-state index in [2.05, 4.69) is 29.7 Å². The van der Waals surface area contributed by atoms with Crippen LogP contribution in [0.1, 0.15) is 38.7 Å². The Labute approximate surface area is 144 Å². The quantitative estimate of drug-likeness (QED) is 0.371. The van der Waals surface area contributed by atoms with Crippen LogP contribution in [0.2, 0.25) is 0 Å². The van der Waals surface area contributed by atoms with E-state index in [9.17, 15) is 4.79 Å². The number of ether oxygens (including phenoxy) is 1. The van der Waals surface area contributed by atoms with Gasteiger partial charge < -0.3 is 15.4 Å². The molecule has 0 radical (unpaired) electrons. The molecule has 0 aliphatic rings. The summed E-state index contributed by atoms with van der Waals surface area (Å²) in [5.74, 6) is -0.374. The fourth-order valence-electron chi connectivity index (χ4n) is 2.07. The number of nitriles is 1. The van der Waals surface area contributed by atoms with E-state index in [1.165, 1.54) is 24.6 Å². The number of nitrogens with zero attached hydrogens (tertiary/aromatic N) is 1. The van der Waals surface area contributed by atoms with Crippen molar-refractivity contribution in [2.75, 3.05) is 25.1 Å². The van der Waals surface area contributed by atoms with Gasteiger partial charge in [-0.1, -0.05) is 25.5 Å². The van der Waals surface area contributed by atoms with Crippen molar-refractivity contribution in [1.29, 1.82) is 5.26 Å². The van der Waals surface area contributed by atoms with Gasteiger partial charge in [0.25, 0.3) is 5.91 Å². The lowest BCUT2D eigenvalue weighted by molar-refractivity contribution is -0.117. The Morgan fingerprint density at radius 1 is 1.25 bits per heavy atom. The average molecular weight is 329 g/mol. The molecule has 0 unspecified atom stereocenters. The first-order chi connectivity index (χ1) is 11.7. The summed E-state index contributed by atoms with van der Waals surface area (Å²) >= 11 is 0. The number of nitrogens with one attached hydrogen (secondary N) is 2. The van der Waals surface area contributed by atoms with Crippen LogP contribution in [-0.2, 0) is 16.0 Å². The van der Waals surface area contributed by atoms with E-state index in [1.807, 2.05) is 25.1 Å². The zero-order valence-corrected chi connectivity index (χ0v) is 14.6. The molecule has 24 heavy (non-hydrogen) atoms. The number of amides is 1. The molecule has 0 saturated heterocycles. The largest absolute Gasteiger partial charge is 0.382 e. The predicted molar refractivity (Wildman–Crippen MR) is 96.5 cm³/mol. The van der Waals surface area contributed by atoms with Gasteiger partial charge in [-0.15, -0.1) is 0 Å². The smallest absolute Gasteiger partial charge is 0.263 e. The number of carbonyl (C=O) groups is 1. The second-order valence-electron chi connectivity index (χ2n) is 5.42. The Bertz CT molecular complexity index is 559. The third-order valence-electron chi connectivity index (χ3n) is 3.48. The minimum Gasteiger partial charge on any atom is -0.382 e. The molecule has 0 bridgehead atoms. The molecule has 1 aromatic rings. The van der Waals surface area contributed by atoms with Gasteiger partial charge in [0.1, 0.15) is 11.6 Å². The monoisotopic (exact) mass is 329 g/mol. The summed E-state index contributed by atoms with van der Waals surface area (Å²) in [6.45, 7) is 5.86. The zero-order chi connectivity index (χ0) is 17.6. The molecule has 0 heterocycles. The van der Waals surface area contributed by atoms with Crippen LogP contribution in [0, 0.1) is 11.3 Å². The summed E-state index contributed by atoms with van der Waals surface area (Å²) in [7, 11) is 0. The molecule has 0 fully saturated rings. The van der Waals surface area contributed by atoms with Gasteiger partial charge in [-0.25, -0.2) is 0 Å². The standard InChI is InChI=1S/C19H27N3O2/c1-3-5-7-16-8-10-18(11-9-16)22-15-17(14-20)19(23)21-12-6-13-24-4-2/h8-11,15,22H,3-7,12-13H2,1-2H3,(H,21,23)/b17-15-. The van der Waals surface area contributed by atoms with E-state index in [-0.39, 0.29) is 11.5 Å². The fourth-order valence-corrected chi connectivity index (χ4v) is 2.07. The number of unbranched alkanes of at least 4 members (excludes halogenated alkanes) is 1. The number of aryl methyl sites for hydroxylation is 1. The van der Waals surface area contributed by atoms with Gasteiger partial charge >= 0.3 is 0 Å². The van der Waals surface area contributed by atoms with Crippen molar-refractivity contribution in [3.05, 3.63) is 41.6 Å². The number of rotatable bonds is 11. The van der Waals surface area contributed by atoms with Crippen molar-refractivity contribution in [3.8, 4) is 6.07 Å². The van der Waals surface area contributed by atoms with Gasteiger partial charge in [-0.05, 0) is 43.9 Å². The molecule has 130 valence electrons. The maximum absolute atomic E-state index is 11.9. The summed E-state index contributed by atoms with van der Waals surface area (Å²) in [4.78, 5) is 11.9. The topological polar surface area (TPSA) is 74.2 Å². The van der Waals surface area contributed by atoms with E-state index < -0.39 is 0 Å². The lowest BCUT2D eigenvalue weighted by Gasteiger charge is -2.06. The molecule has 2 N–H and O–H groups in total. The number of anilines is 1. The lowest BCUT2D eigenvalue weighted by atomic mass is 10.1. The van der Waals surface area contributed by atoms with Crippen LogP contribution in [0.4, 0.5) is 5.69 Å². The first kappa shape index (κ1) is 19.7. The van der Waals surface area contributed by atoms with Crippen LogP contribution in [-0.4, -0.2) is 25.7 Å². The normalized spacial score (nSPS) is 11.0. The Balaban J connectivity index is 2.47. The minimum atomic E-state index is -0.374. The third-order valence-corrected chi connectivity index (χ3v) is 3.48. The minimum absolute atomic E-state index is 0.0569. The van der Waals surface area contributed by atoms with Gasteiger partial charge in [0.05, 0.1) is 0 Å². The molecular weight excluding hydrogens is 302 g/mol. The van der Waals surface area contributed by atoms with E-state index in [4.69, 9.17) is 10.00 Å². The van der Waals surface area contributed by atoms with Gasteiger partial charge in [-0.3, -0.25) is 4.79 Å². The van der Waals surface area contributed by atoms with Gasteiger partial charge in [0, 0.05) is 31.6 Å². The zero-order valence-electron chi connectivity index (χ0n) is 14.6. The van der Waals surface area contributed by atoms with Crippen LogP contribution < -0.4 is 10.6 Å². The summed E-state index contributed by atoms with van der Waals surface area (Å²) in [5, 5.41) is 14.8. The first-order valence-corrected chi connectivity index (χ1v) is 8.53. The molecule has 5 nitrogen and oxygen atoms in total. The Kier molecular flexibility index (Phi) is 9.98. The SMILES string of the molecule is CCCCc1ccc(N/C=C(/C#N)C(=O)NCCCOCC)cc1. The van der Waals surface area contributed by atoms with Crippen LogP contribution in [0.25, 0.3) is 0 Å². The average Bonchev–Trinajstić information content (AvgIpc) is 2.61. The van der Waals surface area contributed by atoms with Crippen molar-refractivity contribution in [1.82, 2.24) is 5.32 Å².